The number of carbonyl (C=O) groups is 1. The number of carbonyl (C=O) groups excluding carboxylic acids is 1. The van der Waals surface area contributed by atoms with Crippen molar-refractivity contribution in [3.8, 4) is 11.4 Å². The molecule has 7 nitrogen and oxygen atoms in total. The number of nitrogens with one attached hydrogen (secondary N) is 2. The first-order valence-corrected chi connectivity index (χ1v) is 7.65. The highest BCUT2D eigenvalue weighted by Crippen LogP contribution is 2.21. The minimum Gasteiger partial charge on any atom is -0.472 e. The van der Waals surface area contributed by atoms with Crippen molar-refractivity contribution in [2.75, 3.05) is 10.6 Å². The summed E-state index contributed by atoms with van der Waals surface area (Å²) in [6, 6.07) is 7.49. The van der Waals surface area contributed by atoms with E-state index in [2.05, 4.69) is 20.8 Å². The number of aryl methyl sites for hydroxylation is 1. The highest BCUT2D eigenvalue weighted by Gasteiger charge is 2.10. The van der Waals surface area contributed by atoms with Crippen molar-refractivity contribution in [1.82, 2.24) is 10.1 Å². The molecule has 0 bridgehead atoms. The summed E-state index contributed by atoms with van der Waals surface area (Å²) in [5, 5.41) is 10.00. The zero-order valence-corrected chi connectivity index (χ0v) is 13.5. The molecule has 0 saturated heterocycles. The smallest absolute Gasteiger partial charge is 0.246 e. The first-order chi connectivity index (χ1) is 11.7. The van der Waals surface area contributed by atoms with Gasteiger partial charge in [0.15, 0.2) is 0 Å². The van der Waals surface area contributed by atoms with Crippen molar-refractivity contribution in [2.45, 2.75) is 26.8 Å². The van der Waals surface area contributed by atoms with E-state index in [4.69, 9.17) is 8.94 Å². The van der Waals surface area contributed by atoms with Gasteiger partial charge in [0.25, 0.3) is 0 Å². The molecule has 3 aromatic rings. The standard InChI is InChI=1S/C17H18N4O3/c1-3-15(22)19-14-5-4-13(8-11(14)2)18-9-16-20-17(21-24-16)12-6-7-23-10-12/h4-8,10,18H,3,9H2,1-2H3,(H,19,22). The summed E-state index contributed by atoms with van der Waals surface area (Å²) in [5.74, 6) is 0.970. The molecule has 2 N–H and O–H groups in total. The van der Waals surface area contributed by atoms with Crippen LogP contribution in [0, 0.1) is 6.92 Å². The minimum atomic E-state index is -0.00329. The summed E-state index contributed by atoms with van der Waals surface area (Å²) >= 11 is 0. The lowest BCUT2D eigenvalue weighted by molar-refractivity contribution is -0.115. The van der Waals surface area contributed by atoms with Crippen LogP contribution in [0.25, 0.3) is 11.4 Å². The molecular formula is C17H18N4O3. The number of nitrogens with zero attached hydrogens (tertiary/aromatic N) is 2. The molecule has 1 aromatic carbocycles. The van der Waals surface area contributed by atoms with Crippen LogP contribution in [0.2, 0.25) is 0 Å². The molecule has 124 valence electrons. The second-order valence-electron chi connectivity index (χ2n) is 5.31. The Balaban J connectivity index is 1.62. The van der Waals surface area contributed by atoms with E-state index >= 15 is 0 Å². The van der Waals surface area contributed by atoms with Gasteiger partial charge < -0.3 is 19.6 Å². The number of rotatable bonds is 6. The van der Waals surface area contributed by atoms with E-state index in [1.54, 1.807) is 18.6 Å². The third-order valence-corrected chi connectivity index (χ3v) is 3.51. The van der Waals surface area contributed by atoms with Crippen molar-refractivity contribution in [3.63, 3.8) is 0 Å². The second kappa shape index (κ2) is 6.99. The van der Waals surface area contributed by atoms with Crippen LogP contribution < -0.4 is 10.6 Å². The Morgan fingerprint density at radius 3 is 2.88 bits per heavy atom. The Hall–Kier alpha value is -3.09. The van der Waals surface area contributed by atoms with Crippen LogP contribution in [-0.4, -0.2) is 16.0 Å². The molecule has 3 rings (SSSR count). The first kappa shape index (κ1) is 15.8. The third-order valence-electron chi connectivity index (χ3n) is 3.51. The van der Waals surface area contributed by atoms with E-state index in [1.807, 2.05) is 32.0 Å². The van der Waals surface area contributed by atoms with E-state index < -0.39 is 0 Å². The van der Waals surface area contributed by atoms with Gasteiger partial charge in [0, 0.05) is 17.8 Å². The van der Waals surface area contributed by atoms with Gasteiger partial charge in [-0.25, -0.2) is 0 Å². The fourth-order valence-corrected chi connectivity index (χ4v) is 2.17. The number of furan rings is 1. The maximum Gasteiger partial charge on any atom is 0.246 e. The first-order valence-electron chi connectivity index (χ1n) is 7.65. The zero-order valence-electron chi connectivity index (χ0n) is 13.5. The predicted octanol–water partition coefficient (Wildman–Crippen LogP) is 3.60. The van der Waals surface area contributed by atoms with Crippen LogP contribution >= 0.6 is 0 Å². The number of amides is 1. The molecule has 0 spiro atoms. The molecule has 1 amide bonds. The summed E-state index contributed by atoms with van der Waals surface area (Å²) in [5.41, 5.74) is 3.47. The zero-order chi connectivity index (χ0) is 16.9. The monoisotopic (exact) mass is 326 g/mol. The average Bonchev–Trinajstić information content (AvgIpc) is 3.26. The van der Waals surface area contributed by atoms with Crippen LogP contribution in [0.5, 0.6) is 0 Å². The van der Waals surface area contributed by atoms with Gasteiger partial charge in [-0.2, -0.15) is 4.98 Å². The molecule has 0 saturated carbocycles. The average molecular weight is 326 g/mol. The molecule has 0 unspecified atom stereocenters. The number of hydrogen-bond acceptors (Lipinski definition) is 6. The van der Waals surface area contributed by atoms with Crippen LogP contribution in [0.4, 0.5) is 11.4 Å². The Kier molecular flexibility index (Phi) is 4.60. The normalized spacial score (nSPS) is 10.6. The van der Waals surface area contributed by atoms with Crippen molar-refractivity contribution >= 4 is 17.3 Å². The quantitative estimate of drug-likeness (QED) is 0.719. The molecule has 0 aliphatic heterocycles. The molecule has 0 aliphatic carbocycles. The van der Waals surface area contributed by atoms with Gasteiger partial charge in [-0.15, -0.1) is 0 Å². The van der Waals surface area contributed by atoms with Gasteiger partial charge in [0.05, 0.1) is 18.4 Å². The molecule has 0 aliphatic rings. The molecule has 2 heterocycles. The lowest BCUT2D eigenvalue weighted by Crippen LogP contribution is -2.10. The van der Waals surface area contributed by atoms with Crippen LogP contribution in [0.1, 0.15) is 24.8 Å². The van der Waals surface area contributed by atoms with Gasteiger partial charge in [-0.1, -0.05) is 12.1 Å². The third kappa shape index (κ3) is 3.62. The highest BCUT2D eigenvalue weighted by atomic mass is 16.5. The number of benzene rings is 1. The SMILES string of the molecule is CCC(=O)Nc1ccc(NCc2nc(-c3ccoc3)no2)cc1C. The van der Waals surface area contributed by atoms with Crippen molar-refractivity contribution in [3.05, 3.63) is 48.2 Å². The molecule has 0 radical (unpaired) electrons. The van der Waals surface area contributed by atoms with E-state index in [0.717, 1.165) is 22.5 Å². The van der Waals surface area contributed by atoms with Crippen molar-refractivity contribution < 1.29 is 13.7 Å². The second-order valence-corrected chi connectivity index (χ2v) is 5.31. The molecule has 2 aromatic heterocycles. The summed E-state index contributed by atoms with van der Waals surface area (Å²) in [4.78, 5) is 15.8. The number of hydrogen-bond donors (Lipinski definition) is 2. The topological polar surface area (TPSA) is 93.2 Å². The fourth-order valence-electron chi connectivity index (χ4n) is 2.17. The van der Waals surface area contributed by atoms with Gasteiger partial charge in [-0.05, 0) is 36.8 Å². The van der Waals surface area contributed by atoms with E-state index in [-0.39, 0.29) is 5.91 Å². The van der Waals surface area contributed by atoms with Crippen LogP contribution in [-0.2, 0) is 11.3 Å². The van der Waals surface area contributed by atoms with Crippen molar-refractivity contribution in [2.24, 2.45) is 0 Å². The maximum absolute atomic E-state index is 11.5. The summed E-state index contributed by atoms with van der Waals surface area (Å²) in [6.45, 7) is 4.17. The Morgan fingerprint density at radius 2 is 2.17 bits per heavy atom. The van der Waals surface area contributed by atoms with Crippen molar-refractivity contribution in [1.29, 1.82) is 0 Å². The maximum atomic E-state index is 11.5. The summed E-state index contributed by atoms with van der Waals surface area (Å²) in [6.07, 6.45) is 3.58. The van der Waals surface area contributed by atoms with Crippen LogP contribution in [0.3, 0.4) is 0 Å². The minimum absolute atomic E-state index is 0.00329. The predicted molar refractivity (Wildman–Crippen MR) is 89.4 cm³/mol. The van der Waals surface area contributed by atoms with Gasteiger partial charge >= 0.3 is 0 Å². The molecule has 24 heavy (non-hydrogen) atoms. The molecular weight excluding hydrogens is 308 g/mol. The van der Waals surface area contributed by atoms with Crippen LogP contribution in [0.15, 0.2) is 45.7 Å². The Bertz CT molecular complexity index is 824. The van der Waals surface area contributed by atoms with Gasteiger partial charge in [0.2, 0.25) is 17.6 Å². The highest BCUT2D eigenvalue weighted by molar-refractivity contribution is 5.91. The Morgan fingerprint density at radius 1 is 1.29 bits per heavy atom. The largest absolute Gasteiger partial charge is 0.472 e. The lowest BCUT2D eigenvalue weighted by Gasteiger charge is -2.10. The van der Waals surface area contributed by atoms with Gasteiger partial charge in [0.1, 0.15) is 6.26 Å². The molecule has 7 heteroatoms. The molecule has 0 atom stereocenters. The van der Waals surface area contributed by atoms with Gasteiger partial charge in [-0.3, -0.25) is 4.79 Å². The molecule has 0 fully saturated rings. The van der Waals surface area contributed by atoms with E-state index in [0.29, 0.717) is 24.7 Å². The van der Waals surface area contributed by atoms with E-state index in [9.17, 15) is 4.79 Å². The number of anilines is 2. The Labute approximate surface area is 139 Å². The summed E-state index contributed by atoms with van der Waals surface area (Å²) in [7, 11) is 0. The summed E-state index contributed by atoms with van der Waals surface area (Å²) < 4.78 is 10.2. The lowest BCUT2D eigenvalue weighted by atomic mass is 10.1. The number of aromatic nitrogens is 2. The van der Waals surface area contributed by atoms with E-state index in [1.165, 1.54) is 0 Å². The fraction of sp³-hybridized carbons (Fsp3) is 0.235.